The minimum absolute atomic E-state index is 0.540. The number of aliphatic hydroxyl groups is 1. The van der Waals surface area contributed by atoms with Gasteiger partial charge in [-0.15, -0.1) is 0 Å². The van der Waals surface area contributed by atoms with Gasteiger partial charge in [0.15, 0.2) is 0 Å². The van der Waals surface area contributed by atoms with Crippen molar-refractivity contribution in [1.82, 2.24) is 0 Å². The fourth-order valence-electron chi connectivity index (χ4n) is 1.19. The Kier molecular flexibility index (Phi) is 13.2. The first kappa shape index (κ1) is 17.0. The van der Waals surface area contributed by atoms with Gasteiger partial charge >= 0.3 is 5.97 Å². The topological polar surface area (TPSA) is 74.6 Å². The number of aliphatic hydroxyl groups excluding tert-OH is 1. The average molecular weight is 238 g/mol. The molecule has 2 atom stereocenters. The van der Waals surface area contributed by atoms with E-state index < -0.39 is 22.0 Å². The Hall–Kier alpha value is -0.420. The van der Waals surface area contributed by atoms with Crippen molar-refractivity contribution >= 4 is 16.8 Å². The second kappa shape index (κ2) is 11.7. The normalized spacial score (nSPS) is 13.6. The first-order valence-corrected chi connectivity index (χ1v) is 6.71. The molecule has 2 N–H and O–H groups in total. The van der Waals surface area contributed by atoms with Crippen molar-refractivity contribution in [1.29, 1.82) is 0 Å². The zero-order valence-corrected chi connectivity index (χ0v) is 10.5. The number of carbonyl (C=O) groups is 1. The average Bonchev–Trinajstić information content (AvgIpc) is 2.19. The van der Waals surface area contributed by atoms with E-state index in [1.165, 1.54) is 6.26 Å². The molecule has 0 fully saturated rings. The molecule has 0 amide bonds. The number of hydrogen-bond donors (Lipinski definition) is 2. The lowest BCUT2D eigenvalue weighted by molar-refractivity contribution is -0.136. The molecule has 2 unspecified atom stereocenters. The van der Waals surface area contributed by atoms with Crippen molar-refractivity contribution in [3.05, 3.63) is 0 Å². The molecule has 0 aliphatic heterocycles. The zero-order valence-electron chi connectivity index (χ0n) is 9.73. The number of unbranched alkanes of at least 4 members (excludes halogenated alkanes) is 3. The molecule has 0 bridgehead atoms. The summed E-state index contributed by atoms with van der Waals surface area (Å²) in [5.74, 6) is -0.933. The summed E-state index contributed by atoms with van der Waals surface area (Å²) in [6.45, 7) is 2.10. The van der Waals surface area contributed by atoms with E-state index in [0.29, 0.717) is 6.42 Å². The summed E-state index contributed by atoms with van der Waals surface area (Å²) in [5.41, 5.74) is 0. The molecule has 0 rings (SSSR count). The van der Waals surface area contributed by atoms with Gasteiger partial charge in [0.1, 0.15) is 5.25 Å². The van der Waals surface area contributed by atoms with Gasteiger partial charge in [0.05, 0.1) is 0 Å². The van der Waals surface area contributed by atoms with Crippen LogP contribution in [0.3, 0.4) is 0 Å². The van der Waals surface area contributed by atoms with Crippen molar-refractivity contribution in [3.63, 3.8) is 0 Å². The smallest absolute Gasteiger partial charge is 0.319 e. The lowest BCUT2D eigenvalue weighted by Gasteiger charge is -2.08. The van der Waals surface area contributed by atoms with Crippen LogP contribution in [0, 0.1) is 0 Å². The highest BCUT2D eigenvalue weighted by Crippen LogP contribution is 2.09. The molecule has 0 aliphatic rings. The summed E-state index contributed by atoms with van der Waals surface area (Å²) >= 11 is 0. The van der Waals surface area contributed by atoms with E-state index in [0.717, 1.165) is 32.8 Å². The third kappa shape index (κ3) is 9.87. The van der Waals surface area contributed by atoms with Crippen LogP contribution >= 0.6 is 0 Å². The Balaban J connectivity index is 0. The first-order valence-electron chi connectivity index (χ1n) is 5.09. The van der Waals surface area contributed by atoms with Crippen molar-refractivity contribution < 1.29 is 19.2 Å². The Morgan fingerprint density at radius 1 is 1.27 bits per heavy atom. The van der Waals surface area contributed by atoms with Crippen LogP contribution in [0.15, 0.2) is 0 Å². The van der Waals surface area contributed by atoms with Gasteiger partial charge in [0, 0.05) is 24.2 Å². The van der Waals surface area contributed by atoms with Crippen LogP contribution in [-0.4, -0.2) is 39.0 Å². The van der Waals surface area contributed by atoms with Crippen LogP contribution in [-0.2, 0) is 15.6 Å². The Morgan fingerprint density at radius 2 is 1.80 bits per heavy atom. The van der Waals surface area contributed by atoms with Gasteiger partial charge in [-0.2, -0.15) is 0 Å². The molecule has 5 heteroatoms. The molecule has 0 radical (unpaired) electrons. The van der Waals surface area contributed by atoms with E-state index in [4.69, 9.17) is 10.2 Å². The molecule has 0 saturated heterocycles. The van der Waals surface area contributed by atoms with E-state index in [2.05, 4.69) is 6.92 Å². The highest BCUT2D eigenvalue weighted by Gasteiger charge is 2.20. The van der Waals surface area contributed by atoms with Gasteiger partial charge < -0.3 is 10.2 Å². The molecule has 92 valence electrons. The number of carboxylic acid groups (broad SMARTS) is 1. The van der Waals surface area contributed by atoms with E-state index in [1.54, 1.807) is 0 Å². The highest BCUT2D eigenvalue weighted by atomic mass is 32.2. The fraction of sp³-hybridized carbons (Fsp3) is 0.900. The van der Waals surface area contributed by atoms with E-state index in [-0.39, 0.29) is 0 Å². The highest BCUT2D eigenvalue weighted by molar-refractivity contribution is 7.85. The minimum atomic E-state index is -1.24. The maximum atomic E-state index is 11.0. The monoisotopic (exact) mass is 238 g/mol. The molecule has 0 spiro atoms. The molecule has 0 saturated carbocycles. The third-order valence-corrected chi connectivity index (χ3v) is 3.23. The van der Waals surface area contributed by atoms with Gasteiger partial charge in [-0.1, -0.05) is 32.6 Å². The summed E-state index contributed by atoms with van der Waals surface area (Å²) in [7, 11) is -0.238. The van der Waals surface area contributed by atoms with E-state index >= 15 is 0 Å². The summed E-state index contributed by atoms with van der Waals surface area (Å²) in [6.07, 6.45) is 6.16. The van der Waals surface area contributed by atoms with Crippen LogP contribution in [0.5, 0.6) is 0 Å². The quantitative estimate of drug-likeness (QED) is 0.657. The second-order valence-corrected chi connectivity index (χ2v) is 4.74. The number of rotatable bonds is 7. The van der Waals surface area contributed by atoms with Crippen molar-refractivity contribution in [2.75, 3.05) is 13.4 Å². The third-order valence-electron chi connectivity index (χ3n) is 2.00. The molecular formula is C10H22O4S. The predicted molar refractivity (Wildman–Crippen MR) is 62.4 cm³/mol. The number of carboxylic acids is 1. The van der Waals surface area contributed by atoms with Crippen LogP contribution in [0.1, 0.15) is 39.0 Å². The van der Waals surface area contributed by atoms with Crippen LogP contribution in [0.25, 0.3) is 0 Å². The molecule has 0 aromatic heterocycles. The standard InChI is InChI=1S/C9H18O3S.CH4O/c1-3-4-5-6-7-8(9(10)11)13(2)12;1-2/h8H,3-7H2,1-2H3,(H,10,11);2H,1H3. The van der Waals surface area contributed by atoms with Gasteiger partial charge in [0.2, 0.25) is 0 Å². The number of aliphatic carboxylic acids is 1. The Morgan fingerprint density at radius 3 is 2.13 bits per heavy atom. The molecular weight excluding hydrogens is 216 g/mol. The zero-order chi connectivity index (χ0) is 12.3. The maximum Gasteiger partial charge on any atom is 0.319 e. The lowest BCUT2D eigenvalue weighted by atomic mass is 10.1. The lowest BCUT2D eigenvalue weighted by Crippen LogP contribution is -2.24. The van der Waals surface area contributed by atoms with Crippen LogP contribution in [0.4, 0.5) is 0 Å². The molecule has 4 nitrogen and oxygen atoms in total. The summed E-state index contributed by atoms with van der Waals surface area (Å²) in [5, 5.41) is 15.0. The van der Waals surface area contributed by atoms with Crippen molar-refractivity contribution in [2.45, 2.75) is 44.3 Å². The Bertz CT molecular complexity index is 168. The van der Waals surface area contributed by atoms with Gasteiger partial charge in [-0.05, 0) is 6.42 Å². The Labute approximate surface area is 94.2 Å². The van der Waals surface area contributed by atoms with Crippen LogP contribution in [0.2, 0.25) is 0 Å². The van der Waals surface area contributed by atoms with Crippen molar-refractivity contribution in [3.8, 4) is 0 Å². The second-order valence-electron chi connectivity index (χ2n) is 3.17. The summed E-state index contributed by atoms with van der Waals surface area (Å²) < 4.78 is 11.0. The van der Waals surface area contributed by atoms with Gasteiger partial charge in [-0.25, -0.2) is 0 Å². The fourth-order valence-corrected chi connectivity index (χ4v) is 1.97. The molecule has 0 aromatic rings. The first-order chi connectivity index (χ1) is 7.09. The van der Waals surface area contributed by atoms with Gasteiger partial charge in [0.25, 0.3) is 0 Å². The predicted octanol–water partition coefficient (Wildman–Crippen LogP) is 1.40. The van der Waals surface area contributed by atoms with E-state index in [1.807, 2.05) is 0 Å². The number of hydrogen-bond acceptors (Lipinski definition) is 3. The molecule has 0 heterocycles. The molecule has 15 heavy (non-hydrogen) atoms. The van der Waals surface area contributed by atoms with E-state index in [9.17, 15) is 9.00 Å². The SMILES string of the molecule is CCCCCCC(C(=O)O)S(C)=O.CO. The molecule has 0 aliphatic carbocycles. The molecule has 0 aromatic carbocycles. The largest absolute Gasteiger partial charge is 0.480 e. The summed E-state index contributed by atoms with van der Waals surface area (Å²) in [6, 6.07) is 0. The van der Waals surface area contributed by atoms with Crippen LogP contribution < -0.4 is 0 Å². The van der Waals surface area contributed by atoms with Crippen molar-refractivity contribution in [2.24, 2.45) is 0 Å². The maximum absolute atomic E-state index is 11.0. The van der Waals surface area contributed by atoms with Gasteiger partial charge in [-0.3, -0.25) is 9.00 Å². The minimum Gasteiger partial charge on any atom is -0.480 e. The summed E-state index contributed by atoms with van der Waals surface area (Å²) in [4.78, 5) is 10.6.